The Hall–Kier alpha value is -0.830. The van der Waals surface area contributed by atoms with E-state index in [1.165, 1.54) is 11.3 Å². The molecule has 1 aromatic rings. The lowest BCUT2D eigenvalue weighted by atomic mass is 10.0. The van der Waals surface area contributed by atoms with E-state index in [4.69, 9.17) is 5.11 Å². The lowest BCUT2D eigenvalue weighted by Gasteiger charge is -2.08. The molecule has 0 fully saturated rings. The van der Waals surface area contributed by atoms with Gasteiger partial charge in [0.05, 0.1) is 5.69 Å². The van der Waals surface area contributed by atoms with Gasteiger partial charge in [0, 0.05) is 19.3 Å². The van der Waals surface area contributed by atoms with Crippen molar-refractivity contribution in [3.8, 4) is 0 Å². The summed E-state index contributed by atoms with van der Waals surface area (Å²) in [5, 5.41) is 13.4. The highest BCUT2D eigenvalue weighted by molar-refractivity contribution is 5.26. The van der Waals surface area contributed by atoms with Crippen LogP contribution in [0.3, 0.4) is 0 Å². The maximum atomic E-state index is 8.97. The third-order valence-electron chi connectivity index (χ3n) is 2.44. The van der Waals surface area contributed by atoms with E-state index in [0.717, 1.165) is 18.5 Å². The van der Waals surface area contributed by atoms with Crippen molar-refractivity contribution < 1.29 is 5.11 Å². The molecule has 0 atom stereocenters. The molecule has 0 amide bonds. The summed E-state index contributed by atoms with van der Waals surface area (Å²) < 4.78 is 1.94. The van der Waals surface area contributed by atoms with Gasteiger partial charge in [-0.2, -0.15) is 5.10 Å². The Morgan fingerprint density at radius 2 is 2.07 bits per heavy atom. The molecule has 80 valence electrons. The maximum Gasteiger partial charge on any atom is 0.0629 e. The predicted octanol–water partition coefficient (Wildman–Crippen LogP) is 1.46. The molecule has 1 rings (SSSR count). The van der Waals surface area contributed by atoms with E-state index in [2.05, 4.69) is 18.9 Å². The van der Waals surface area contributed by atoms with Crippen molar-refractivity contribution in [2.75, 3.05) is 6.61 Å². The standard InChI is InChI=1S/C11H20N2O/c1-8(2)7-11-10(5-6-14)9(3)12-13(11)4/h8,14H,5-7H2,1-4H3. The van der Waals surface area contributed by atoms with Gasteiger partial charge in [-0.1, -0.05) is 13.8 Å². The van der Waals surface area contributed by atoms with E-state index in [1.807, 2.05) is 18.7 Å². The molecular formula is C11H20N2O. The first-order valence-corrected chi connectivity index (χ1v) is 5.18. The highest BCUT2D eigenvalue weighted by Gasteiger charge is 2.13. The van der Waals surface area contributed by atoms with Crippen LogP contribution in [0, 0.1) is 12.8 Å². The van der Waals surface area contributed by atoms with Crippen molar-refractivity contribution >= 4 is 0 Å². The van der Waals surface area contributed by atoms with Gasteiger partial charge in [-0.05, 0) is 31.2 Å². The second kappa shape index (κ2) is 4.60. The molecule has 0 saturated heterocycles. The van der Waals surface area contributed by atoms with Gasteiger partial charge in [-0.25, -0.2) is 0 Å². The number of aliphatic hydroxyl groups excluding tert-OH is 1. The van der Waals surface area contributed by atoms with Crippen LogP contribution in [-0.4, -0.2) is 21.5 Å². The van der Waals surface area contributed by atoms with Crippen LogP contribution in [-0.2, 0) is 19.9 Å². The molecule has 0 aliphatic carbocycles. The zero-order valence-electron chi connectivity index (χ0n) is 9.54. The Balaban J connectivity index is 2.98. The largest absolute Gasteiger partial charge is 0.396 e. The average Bonchev–Trinajstić information content (AvgIpc) is 2.31. The number of hydrogen-bond donors (Lipinski definition) is 1. The average molecular weight is 196 g/mol. The zero-order valence-corrected chi connectivity index (χ0v) is 9.54. The molecule has 1 N–H and O–H groups in total. The van der Waals surface area contributed by atoms with Crippen LogP contribution in [0.15, 0.2) is 0 Å². The van der Waals surface area contributed by atoms with Crippen molar-refractivity contribution in [1.29, 1.82) is 0 Å². The predicted molar refractivity (Wildman–Crippen MR) is 57.3 cm³/mol. The van der Waals surface area contributed by atoms with E-state index in [0.29, 0.717) is 5.92 Å². The van der Waals surface area contributed by atoms with E-state index < -0.39 is 0 Å². The Labute approximate surface area is 85.8 Å². The molecule has 0 bridgehead atoms. The fourth-order valence-corrected chi connectivity index (χ4v) is 1.83. The smallest absolute Gasteiger partial charge is 0.0629 e. The Kier molecular flexibility index (Phi) is 3.69. The third kappa shape index (κ3) is 2.35. The molecule has 0 aliphatic rings. The second-order valence-corrected chi connectivity index (χ2v) is 4.21. The number of aryl methyl sites for hydroxylation is 2. The molecule has 3 nitrogen and oxygen atoms in total. The molecule has 0 unspecified atom stereocenters. The maximum absolute atomic E-state index is 8.97. The first kappa shape index (κ1) is 11.2. The van der Waals surface area contributed by atoms with Crippen molar-refractivity contribution in [3.63, 3.8) is 0 Å². The summed E-state index contributed by atoms with van der Waals surface area (Å²) in [4.78, 5) is 0. The minimum Gasteiger partial charge on any atom is -0.396 e. The molecule has 0 saturated carbocycles. The topological polar surface area (TPSA) is 38.0 Å². The van der Waals surface area contributed by atoms with Gasteiger partial charge in [0.1, 0.15) is 0 Å². The first-order chi connectivity index (χ1) is 6.56. The fraction of sp³-hybridized carbons (Fsp3) is 0.727. The van der Waals surface area contributed by atoms with Crippen LogP contribution in [0.25, 0.3) is 0 Å². The number of hydrogen-bond acceptors (Lipinski definition) is 2. The van der Waals surface area contributed by atoms with Crippen LogP contribution < -0.4 is 0 Å². The Morgan fingerprint density at radius 3 is 2.57 bits per heavy atom. The molecule has 14 heavy (non-hydrogen) atoms. The van der Waals surface area contributed by atoms with Gasteiger partial charge in [0.25, 0.3) is 0 Å². The molecule has 0 aliphatic heterocycles. The van der Waals surface area contributed by atoms with Crippen LogP contribution in [0.4, 0.5) is 0 Å². The van der Waals surface area contributed by atoms with E-state index in [-0.39, 0.29) is 6.61 Å². The van der Waals surface area contributed by atoms with Crippen LogP contribution in [0.1, 0.15) is 30.8 Å². The summed E-state index contributed by atoms with van der Waals surface area (Å²) in [5.74, 6) is 0.627. The lowest BCUT2D eigenvalue weighted by Crippen LogP contribution is -2.05. The monoisotopic (exact) mass is 196 g/mol. The third-order valence-corrected chi connectivity index (χ3v) is 2.44. The molecule has 1 heterocycles. The van der Waals surface area contributed by atoms with Crippen molar-refractivity contribution in [2.24, 2.45) is 13.0 Å². The minimum atomic E-state index is 0.206. The van der Waals surface area contributed by atoms with Gasteiger partial charge in [-0.3, -0.25) is 4.68 Å². The summed E-state index contributed by atoms with van der Waals surface area (Å²) in [6.07, 6.45) is 1.76. The van der Waals surface area contributed by atoms with Crippen molar-refractivity contribution in [3.05, 3.63) is 17.0 Å². The van der Waals surface area contributed by atoms with Crippen molar-refractivity contribution in [2.45, 2.75) is 33.6 Å². The summed E-state index contributed by atoms with van der Waals surface area (Å²) in [5.41, 5.74) is 3.55. The van der Waals surface area contributed by atoms with Crippen LogP contribution >= 0.6 is 0 Å². The number of nitrogens with zero attached hydrogens (tertiary/aromatic N) is 2. The van der Waals surface area contributed by atoms with Gasteiger partial charge in [-0.15, -0.1) is 0 Å². The molecule has 0 aromatic carbocycles. The first-order valence-electron chi connectivity index (χ1n) is 5.18. The molecule has 1 aromatic heterocycles. The van der Waals surface area contributed by atoms with Gasteiger partial charge >= 0.3 is 0 Å². The Bertz CT molecular complexity index is 302. The van der Waals surface area contributed by atoms with E-state index >= 15 is 0 Å². The molecule has 0 radical (unpaired) electrons. The summed E-state index contributed by atoms with van der Waals surface area (Å²) in [6, 6.07) is 0. The van der Waals surface area contributed by atoms with E-state index in [1.54, 1.807) is 0 Å². The normalized spacial score (nSPS) is 11.3. The van der Waals surface area contributed by atoms with Crippen molar-refractivity contribution in [1.82, 2.24) is 9.78 Å². The molecular weight excluding hydrogens is 176 g/mol. The zero-order chi connectivity index (χ0) is 10.7. The Morgan fingerprint density at radius 1 is 1.43 bits per heavy atom. The fourth-order valence-electron chi connectivity index (χ4n) is 1.83. The quantitative estimate of drug-likeness (QED) is 0.791. The second-order valence-electron chi connectivity index (χ2n) is 4.21. The minimum absolute atomic E-state index is 0.206. The molecule has 3 heteroatoms. The summed E-state index contributed by atoms with van der Waals surface area (Å²) >= 11 is 0. The highest BCUT2D eigenvalue weighted by atomic mass is 16.2. The van der Waals surface area contributed by atoms with Gasteiger partial charge < -0.3 is 5.11 Å². The summed E-state index contributed by atoms with van der Waals surface area (Å²) in [7, 11) is 1.98. The van der Waals surface area contributed by atoms with Gasteiger partial charge in [0.2, 0.25) is 0 Å². The SMILES string of the molecule is Cc1nn(C)c(CC(C)C)c1CCO. The molecule has 0 spiro atoms. The lowest BCUT2D eigenvalue weighted by molar-refractivity contribution is 0.299. The van der Waals surface area contributed by atoms with Crippen LogP contribution in [0.5, 0.6) is 0 Å². The highest BCUT2D eigenvalue weighted by Crippen LogP contribution is 2.17. The number of aromatic nitrogens is 2. The summed E-state index contributed by atoms with van der Waals surface area (Å²) in [6.45, 7) is 6.61. The van der Waals surface area contributed by atoms with Gasteiger partial charge in [0.15, 0.2) is 0 Å². The van der Waals surface area contributed by atoms with E-state index in [9.17, 15) is 0 Å². The number of aliphatic hydroxyl groups is 1. The number of rotatable bonds is 4. The van der Waals surface area contributed by atoms with Crippen LogP contribution in [0.2, 0.25) is 0 Å².